The van der Waals surface area contributed by atoms with E-state index in [1.54, 1.807) is 0 Å². The largest absolute Gasteiger partial charge is 0.381 e. The monoisotopic (exact) mass is 325 g/mol. The Morgan fingerprint density at radius 1 is 1.26 bits per heavy atom. The Labute approximate surface area is 125 Å². The predicted octanol–water partition coefficient (Wildman–Crippen LogP) is 3.41. The Balaban J connectivity index is 2.11. The van der Waals surface area contributed by atoms with Gasteiger partial charge in [0, 0.05) is 24.6 Å². The van der Waals surface area contributed by atoms with E-state index in [4.69, 9.17) is 0 Å². The predicted molar refractivity (Wildman–Crippen MR) is 87.2 cm³/mol. The number of anilines is 2. The van der Waals surface area contributed by atoms with E-state index in [1.807, 2.05) is 0 Å². The quantitative estimate of drug-likeness (QED) is 0.918. The van der Waals surface area contributed by atoms with E-state index >= 15 is 0 Å². The smallest absolute Gasteiger partial charge is 0.0597 e. The van der Waals surface area contributed by atoms with Crippen LogP contribution in [0.1, 0.15) is 19.3 Å². The number of nitrogens with one attached hydrogen (secondary N) is 1. The summed E-state index contributed by atoms with van der Waals surface area (Å²) >= 11 is 3.57. The average Bonchev–Trinajstić information content (AvgIpc) is 2.54. The van der Waals surface area contributed by atoms with E-state index in [2.05, 4.69) is 70.4 Å². The number of likely N-dealkylation sites (tertiary alicyclic amines) is 1. The lowest BCUT2D eigenvalue weighted by atomic mass is 10.1. The number of hydrogen-bond acceptors (Lipinski definition) is 3. The summed E-state index contributed by atoms with van der Waals surface area (Å²) in [7, 11) is 6.40. The third kappa shape index (κ3) is 4.11. The molecule has 0 aliphatic carbocycles. The summed E-state index contributed by atoms with van der Waals surface area (Å²) in [5, 5.41) is 3.73. The summed E-state index contributed by atoms with van der Waals surface area (Å²) in [6.45, 7) is 2.40. The Bertz CT molecular complexity index is 420. The second-order valence-electron chi connectivity index (χ2n) is 5.63. The molecule has 0 bridgehead atoms. The van der Waals surface area contributed by atoms with Gasteiger partial charge in [0.15, 0.2) is 0 Å². The van der Waals surface area contributed by atoms with Gasteiger partial charge in [0.1, 0.15) is 0 Å². The minimum atomic E-state index is 0.581. The van der Waals surface area contributed by atoms with Crippen molar-refractivity contribution in [2.45, 2.75) is 25.3 Å². The van der Waals surface area contributed by atoms with Gasteiger partial charge in [0.25, 0.3) is 0 Å². The molecule has 106 valence electrons. The van der Waals surface area contributed by atoms with Crippen LogP contribution in [0, 0.1) is 0 Å². The molecule has 1 aliphatic heterocycles. The van der Waals surface area contributed by atoms with E-state index in [9.17, 15) is 0 Å². The first kappa shape index (κ1) is 14.7. The number of halogens is 1. The summed E-state index contributed by atoms with van der Waals surface area (Å²) < 4.78 is 1.13. The molecule has 0 spiro atoms. The van der Waals surface area contributed by atoms with Crippen LogP contribution in [0.5, 0.6) is 0 Å². The molecule has 1 aromatic rings. The molecule has 1 saturated heterocycles. The van der Waals surface area contributed by atoms with Crippen molar-refractivity contribution >= 4 is 27.3 Å². The van der Waals surface area contributed by atoms with Crippen LogP contribution in [0.4, 0.5) is 11.4 Å². The highest BCUT2D eigenvalue weighted by Gasteiger charge is 2.16. The molecular weight excluding hydrogens is 302 g/mol. The van der Waals surface area contributed by atoms with Gasteiger partial charge in [-0.05, 0) is 57.6 Å². The Morgan fingerprint density at radius 2 is 2.05 bits per heavy atom. The van der Waals surface area contributed by atoms with E-state index in [0.29, 0.717) is 6.04 Å². The van der Waals surface area contributed by atoms with Crippen LogP contribution in [-0.2, 0) is 0 Å². The van der Waals surface area contributed by atoms with Crippen molar-refractivity contribution in [1.29, 1.82) is 0 Å². The lowest BCUT2D eigenvalue weighted by Crippen LogP contribution is -2.24. The second-order valence-corrected chi connectivity index (χ2v) is 6.55. The Morgan fingerprint density at radius 3 is 2.79 bits per heavy atom. The molecule has 1 atom stereocenters. The van der Waals surface area contributed by atoms with Gasteiger partial charge in [-0.1, -0.05) is 15.9 Å². The zero-order valence-electron chi connectivity index (χ0n) is 12.1. The van der Waals surface area contributed by atoms with Crippen molar-refractivity contribution in [3.8, 4) is 0 Å². The van der Waals surface area contributed by atoms with Crippen LogP contribution in [0.3, 0.4) is 0 Å². The van der Waals surface area contributed by atoms with Crippen molar-refractivity contribution in [2.75, 3.05) is 44.4 Å². The molecule has 2 rings (SSSR count). The fraction of sp³-hybridized carbons (Fsp3) is 0.600. The van der Waals surface area contributed by atoms with Crippen LogP contribution in [0.15, 0.2) is 22.7 Å². The normalized spacial score (nSPS) is 20.9. The van der Waals surface area contributed by atoms with Gasteiger partial charge in [0.2, 0.25) is 0 Å². The zero-order chi connectivity index (χ0) is 13.8. The minimum absolute atomic E-state index is 0.581. The zero-order valence-corrected chi connectivity index (χ0v) is 13.7. The van der Waals surface area contributed by atoms with E-state index in [1.165, 1.54) is 43.7 Å². The molecule has 4 heteroatoms. The van der Waals surface area contributed by atoms with Crippen molar-refractivity contribution in [2.24, 2.45) is 0 Å². The van der Waals surface area contributed by atoms with Crippen LogP contribution in [0.2, 0.25) is 0 Å². The molecule has 3 nitrogen and oxygen atoms in total. The minimum Gasteiger partial charge on any atom is -0.381 e. The van der Waals surface area contributed by atoms with Crippen molar-refractivity contribution in [3.63, 3.8) is 0 Å². The number of rotatable bonds is 3. The highest BCUT2D eigenvalue weighted by molar-refractivity contribution is 9.10. The molecule has 0 aromatic heterocycles. The van der Waals surface area contributed by atoms with Crippen molar-refractivity contribution in [3.05, 3.63) is 22.7 Å². The third-order valence-electron chi connectivity index (χ3n) is 3.75. The molecule has 1 unspecified atom stereocenters. The number of hydrogen-bond donors (Lipinski definition) is 1. The first-order chi connectivity index (χ1) is 9.06. The van der Waals surface area contributed by atoms with Gasteiger partial charge in [0.05, 0.1) is 11.4 Å². The molecule has 1 heterocycles. The average molecular weight is 326 g/mol. The molecule has 1 aromatic carbocycles. The first-order valence-electron chi connectivity index (χ1n) is 6.98. The molecule has 1 N–H and O–H groups in total. The lowest BCUT2D eigenvalue weighted by molar-refractivity contribution is 0.348. The summed E-state index contributed by atoms with van der Waals surface area (Å²) in [5.74, 6) is 0. The van der Waals surface area contributed by atoms with Crippen molar-refractivity contribution < 1.29 is 0 Å². The highest BCUT2D eigenvalue weighted by Crippen LogP contribution is 2.29. The fourth-order valence-corrected chi connectivity index (χ4v) is 2.98. The lowest BCUT2D eigenvalue weighted by Gasteiger charge is -2.23. The fourth-order valence-electron chi connectivity index (χ4n) is 2.62. The third-order valence-corrected chi connectivity index (χ3v) is 4.24. The maximum absolute atomic E-state index is 3.73. The van der Waals surface area contributed by atoms with Gasteiger partial charge in [-0.15, -0.1) is 0 Å². The van der Waals surface area contributed by atoms with Gasteiger partial charge >= 0.3 is 0 Å². The van der Waals surface area contributed by atoms with Gasteiger partial charge in [-0.3, -0.25) is 0 Å². The maximum Gasteiger partial charge on any atom is 0.0597 e. The summed E-state index contributed by atoms with van der Waals surface area (Å²) in [5.41, 5.74) is 2.48. The molecule has 0 radical (unpaired) electrons. The number of nitrogens with zero attached hydrogens (tertiary/aromatic N) is 2. The molecule has 19 heavy (non-hydrogen) atoms. The standard InChI is InChI=1S/C15H24BrN3/c1-18(2)15-7-6-12(16)11-14(15)17-13-5-4-9-19(3)10-8-13/h6-7,11,13,17H,4-5,8-10H2,1-3H3. The van der Waals surface area contributed by atoms with Crippen LogP contribution in [0.25, 0.3) is 0 Å². The SMILES string of the molecule is CN1CCCC(Nc2cc(Br)ccc2N(C)C)CC1. The molecular formula is C15H24BrN3. The maximum atomic E-state index is 3.73. The molecule has 1 aliphatic rings. The summed E-state index contributed by atoms with van der Waals surface area (Å²) in [4.78, 5) is 4.59. The molecule has 0 saturated carbocycles. The summed E-state index contributed by atoms with van der Waals surface area (Å²) in [6, 6.07) is 7.03. The van der Waals surface area contributed by atoms with Crippen LogP contribution in [-0.4, -0.2) is 45.2 Å². The topological polar surface area (TPSA) is 18.5 Å². The van der Waals surface area contributed by atoms with Gasteiger partial charge in [-0.25, -0.2) is 0 Å². The van der Waals surface area contributed by atoms with Gasteiger partial charge < -0.3 is 15.1 Å². The Hall–Kier alpha value is -0.740. The summed E-state index contributed by atoms with van der Waals surface area (Å²) in [6.07, 6.45) is 3.75. The van der Waals surface area contributed by atoms with Crippen LogP contribution < -0.4 is 10.2 Å². The van der Waals surface area contributed by atoms with E-state index in [0.717, 1.165) is 4.47 Å². The van der Waals surface area contributed by atoms with E-state index < -0.39 is 0 Å². The molecule has 1 fully saturated rings. The number of benzene rings is 1. The van der Waals surface area contributed by atoms with Crippen molar-refractivity contribution in [1.82, 2.24) is 4.90 Å². The second kappa shape index (κ2) is 6.62. The van der Waals surface area contributed by atoms with Crippen LogP contribution >= 0.6 is 15.9 Å². The molecule has 0 amide bonds. The van der Waals surface area contributed by atoms with E-state index in [-0.39, 0.29) is 0 Å². The highest BCUT2D eigenvalue weighted by atomic mass is 79.9. The van der Waals surface area contributed by atoms with Gasteiger partial charge in [-0.2, -0.15) is 0 Å². The Kier molecular flexibility index (Phi) is 5.11. The first-order valence-corrected chi connectivity index (χ1v) is 7.77.